The van der Waals surface area contributed by atoms with E-state index in [1.165, 1.54) is 25.3 Å². The van der Waals surface area contributed by atoms with E-state index in [1.807, 2.05) is 16.8 Å². The fourth-order valence-electron chi connectivity index (χ4n) is 1.71. The topological polar surface area (TPSA) is 29.5 Å². The molecule has 0 aliphatic heterocycles. The Morgan fingerprint density at radius 1 is 1.41 bits per heavy atom. The first-order valence-corrected chi connectivity index (χ1v) is 6.17. The second-order valence-corrected chi connectivity index (χ2v) is 4.52. The highest BCUT2D eigenvalue weighted by Gasteiger charge is 2.15. The van der Waals surface area contributed by atoms with Crippen LogP contribution in [0.3, 0.4) is 0 Å². The van der Waals surface area contributed by atoms with Gasteiger partial charge < -0.3 is 9.84 Å². The molecule has 0 saturated carbocycles. The minimum absolute atomic E-state index is 0.370. The van der Waals surface area contributed by atoms with E-state index < -0.39 is 6.10 Å². The number of methoxy groups -OCH3 is 1. The van der Waals surface area contributed by atoms with Crippen LogP contribution >= 0.6 is 11.3 Å². The van der Waals surface area contributed by atoms with E-state index in [4.69, 9.17) is 4.74 Å². The average Bonchev–Trinajstić information content (AvgIpc) is 2.81. The van der Waals surface area contributed by atoms with Gasteiger partial charge in [-0.3, -0.25) is 0 Å². The number of thiophene rings is 1. The molecule has 2 rings (SSSR count). The van der Waals surface area contributed by atoms with Gasteiger partial charge in [-0.1, -0.05) is 0 Å². The van der Waals surface area contributed by atoms with Gasteiger partial charge in [0.15, 0.2) is 0 Å². The van der Waals surface area contributed by atoms with Crippen molar-refractivity contribution in [2.45, 2.75) is 12.5 Å². The van der Waals surface area contributed by atoms with Gasteiger partial charge in [0.1, 0.15) is 11.6 Å². The molecule has 0 saturated heterocycles. The van der Waals surface area contributed by atoms with Crippen molar-refractivity contribution in [1.82, 2.24) is 0 Å². The molecular formula is C13H13FO2S. The van der Waals surface area contributed by atoms with Crippen LogP contribution < -0.4 is 4.74 Å². The Labute approximate surface area is 103 Å². The molecular weight excluding hydrogens is 239 g/mol. The lowest BCUT2D eigenvalue weighted by Gasteiger charge is -2.14. The van der Waals surface area contributed by atoms with Crippen LogP contribution in [0.4, 0.5) is 4.39 Å². The van der Waals surface area contributed by atoms with Crippen molar-refractivity contribution in [2.75, 3.05) is 7.11 Å². The van der Waals surface area contributed by atoms with Crippen LogP contribution in [0, 0.1) is 5.82 Å². The minimum Gasteiger partial charge on any atom is -0.496 e. The van der Waals surface area contributed by atoms with Gasteiger partial charge in [0, 0.05) is 12.0 Å². The Balaban J connectivity index is 2.23. The van der Waals surface area contributed by atoms with Crippen LogP contribution in [0.25, 0.3) is 0 Å². The number of ether oxygens (including phenoxy) is 1. The number of aliphatic hydroxyl groups excluding tert-OH is 1. The van der Waals surface area contributed by atoms with E-state index in [2.05, 4.69) is 0 Å². The zero-order chi connectivity index (χ0) is 12.3. The highest BCUT2D eigenvalue weighted by Crippen LogP contribution is 2.28. The van der Waals surface area contributed by atoms with E-state index in [1.54, 1.807) is 11.3 Å². The van der Waals surface area contributed by atoms with Crippen LogP contribution in [0.15, 0.2) is 35.0 Å². The fraction of sp³-hybridized carbons (Fsp3) is 0.231. The molecule has 1 aromatic heterocycles. The number of hydrogen-bond donors (Lipinski definition) is 1. The predicted molar refractivity (Wildman–Crippen MR) is 65.9 cm³/mol. The van der Waals surface area contributed by atoms with Crippen molar-refractivity contribution in [3.8, 4) is 5.75 Å². The molecule has 0 fully saturated rings. The second kappa shape index (κ2) is 5.29. The number of halogens is 1. The lowest BCUT2D eigenvalue weighted by Crippen LogP contribution is -2.04. The predicted octanol–water partition coefficient (Wildman–Crippen LogP) is 3.17. The lowest BCUT2D eigenvalue weighted by molar-refractivity contribution is 0.173. The maximum Gasteiger partial charge on any atom is 0.124 e. The molecule has 1 N–H and O–H groups in total. The Morgan fingerprint density at radius 2 is 2.24 bits per heavy atom. The van der Waals surface area contributed by atoms with Crippen molar-refractivity contribution in [2.24, 2.45) is 0 Å². The van der Waals surface area contributed by atoms with E-state index in [-0.39, 0.29) is 5.82 Å². The fourth-order valence-corrected chi connectivity index (χ4v) is 2.39. The van der Waals surface area contributed by atoms with Crippen LogP contribution in [0.5, 0.6) is 5.75 Å². The summed E-state index contributed by atoms with van der Waals surface area (Å²) in [6.07, 6.45) is -0.293. The van der Waals surface area contributed by atoms with E-state index in [0.717, 1.165) is 5.56 Å². The third-order valence-electron chi connectivity index (χ3n) is 2.56. The standard InChI is InChI=1S/C13H13FO2S/c1-16-13-3-2-10(14)7-11(13)12(15)6-9-4-5-17-8-9/h2-5,7-8,12,15H,6H2,1H3. The molecule has 0 aliphatic rings. The van der Waals surface area contributed by atoms with Gasteiger partial charge in [0.25, 0.3) is 0 Å². The molecule has 90 valence electrons. The summed E-state index contributed by atoms with van der Waals surface area (Å²) in [5, 5.41) is 14.0. The Hall–Kier alpha value is -1.39. The van der Waals surface area contributed by atoms with Gasteiger partial charge in [-0.2, -0.15) is 11.3 Å². The highest BCUT2D eigenvalue weighted by atomic mass is 32.1. The SMILES string of the molecule is COc1ccc(F)cc1C(O)Cc1ccsc1. The minimum atomic E-state index is -0.754. The summed E-state index contributed by atoms with van der Waals surface area (Å²) in [6.45, 7) is 0. The van der Waals surface area contributed by atoms with Crippen LogP contribution in [-0.2, 0) is 6.42 Å². The van der Waals surface area contributed by atoms with Crippen molar-refractivity contribution in [1.29, 1.82) is 0 Å². The third-order valence-corrected chi connectivity index (χ3v) is 3.29. The quantitative estimate of drug-likeness (QED) is 0.905. The first kappa shape index (κ1) is 12.1. The maximum atomic E-state index is 13.2. The second-order valence-electron chi connectivity index (χ2n) is 3.74. The Bertz CT molecular complexity index is 482. The van der Waals surface area contributed by atoms with Crippen molar-refractivity contribution >= 4 is 11.3 Å². The smallest absolute Gasteiger partial charge is 0.124 e. The molecule has 0 radical (unpaired) electrons. The van der Waals surface area contributed by atoms with Gasteiger partial charge in [0.05, 0.1) is 13.2 Å². The van der Waals surface area contributed by atoms with Crippen molar-refractivity contribution < 1.29 is 14.2 Å². The Morgan fingerprint density at radius 3 is 2.88 bits per heavy atom. The van der Waals surface area contributed by atoms with Gasteiger partial charge in [-0.25, -0.2) is 4.39 Å². The van der Waals surface area contributed by atoms with Crippen LogP contribution in [-0.4, -0.2) is 12.2 Å². The largest absolute Gasteiger partial charge is 0.496 e. The summed E-state index contributed by atoms with van der Waals surface area (Å²) < 4.78 is 18.3. The molecule has 0 aliphatic carbocycles. The molecule has 4 heteroatoms. The summed E-state index contributed by atoms with van der Waals surface area (Å²) in [5.41, 5.74) is 1.52. The summed E-state index contributed by atoms with van der Waals surface area (Å²) in [5.74, 6) is 0.138. The van der Waals surface area contributed by atoms with Crippen molar-refractivity contribution in [3.63, 3.8) is 0 Å². The summed E-state index contributed by atoms with van der Waals surface area (Å²) in [7, 11) is 1.51. The summed E-state index contributed by atoms with van der Waals surface area (Å²) in [6, 6.07) is 6.11. The zero-order valence-electron chi connectivity index (χ0n) is 9.39. The number of rotatable bonds is 4. The molecule has 17 heavy (non-hydrogen) atoms. The van der Waals surface area contributed by atoms with E-state index in [0.29, 0.717) is 17.7 Å². The molecule has 2 nitrogen and oxygen atoms in total. The van der Waals surface area contributed by atoms with Gasteiger partial charge in [0.2, 0.25) is 0 Å². The van der Waals surface area contributed by atoms with Crippen molar-refractivity contribution in [3.05, 3.63) is 52.0 Å². The molecule has 1 aromatic carbocycles. The zero-order valence-corrected chi connectivity index (χ0v) is 10.2. The van der Waals surface area contributed by atoms with Gasteiger partial charge in [-0.05, 0) is 40.6 Å². The molecule has 0 bridgehead atoms. The number of aliphatic hydroxyl groups is 1. The molecule has 2 aromatic rings. The number of hydrogen-bond acceptors (Lipinski definition) is 3. The highest BCUT2D eigenvalue weighted by molar-refractivity contribution is 7.07. The normalized spacial score (nSPS) is 12.4. The Kier molecular flexibility index (Phi) is 3.76. The summed E-state index contributed by atoms with van der Waals surface area (Å²) >= 11 is 1.57. The lowest BCUT2D eigenvalue weighted by atomic mass is 10.0. The van der Waals surface area contributed by atoms with E-state index in [9.17, 15) is 9.50 Å². The molecule has 1 atom stereocenters. The van der Waals surface area contributed by atoms with Crippen LogP contribution in [0.1, 0.15) is 17.2 Å². The summed E-state index contributed by atoms with van der Waals surface area (Å²) in [4.78, 5) is 0. The van der Waals surface area contributed by atoms with E-state index >= 15 is 0 Å². The molecule has 0 amide bonds. The first-order valence-electron chi connectivity index (χ1n) is 5.23. The first-order chi connectivity index (χ1) is 8.20. The van der Waals surface area contributed by atoms with Crippen LogP contribution in [0.2, 0.25) is 0 Å². The third kappa shape index (κ3) is 2.84. The molecule has 1 heterocycles. The van der Waals surface area contributed by atoms with Gasteiger partial charge >= 0.3 is 0 Å². The monoisotopic (exact) mass is 252 g/mol. The molecule has 0 spiro atoms. The molecule has 1 unspecified atom stereocenters. The number of benzene rings is 1. The maximum absolute atomic E-state index is 13.2. The van der Waals surface area contributed by atoms with Gasteiger partial charge in [-0.15, -0.1) is 0 Å². The average molecular weight is 252 g/mol.